The predicted octanol–water partition coefficient (Wildman–Crippen LogP) is 1.15. The first kappa shape index (κ1) is 12.2. The van der Waals surface area contributed by atoms with Crippen LogP contribution in [0.25, 0.3) is 17.3 Å². The molecule has 100 valence electrons. The van der Waals surface area contributed by atoms with E-state index in [4.69, 9.17) is 5.73 Å². The molecule has 2 N–H and O–H groups in total. The van der Waals surface area contributed by atoms with Gasteiger partial charge in [0.05, 0.1) is 0 Å². The van der Waals surface area contributed by atoms with Crippen molar-refractivity contribution in [2.75, 3.05) is 5.73 Å². The van der Waals surface area contributed by atoms with Crippen molar-refractivity contribution >= 4 is 5.95 Å². The molecular formula is C12H10FN7. The Balaban J connectivity index is 2.14. The first-order valence-corrected chi connectivity index (χ1v) is 5.76. The summed E-state index contributed by atoms with van der Waals surface area (Å²) in [5.74, 6) is 0.182. The van der Waals surface area contributed by atoms with Crippen molar-refractivity contribution in [3.8, 4) is 17.3 Å². The number of anilines is 1. The van der Waals surface area contributed by atoms with Gasteiger partial charge in [-0.25, -0.2) is 9.37 Å². The van der Waals surface area contributed by atoms with Crippen LogP contribution in [0.2, 0.25) is 0 Å². The van der Waals surface area contributed by atoms with E-state index in [2.05, 4.69) is 25.0 Å². The summed E-state index contributed by atoms with van der Waals surface area (Å²) >= 11 is 0. The summed E-state index contributed by atoms with van der Waals surface area (Å²) in [6.07, 6.45) is 2.79. The Morgan fingerprint density at radius 1 is 1.15 bits per heavy atom. The molecule has 3 rings (SSSR count). The second-order valence-corrected chi connectivity index (χ2v) is 4.17. The van der Waals surface area contributed by atoms with Crippen LogP contribution in [0.3, 0.4) is 0 Å². The first-order valence-electron chi connectivity index (χ1n) is 5.76. The lowest BCUT2D eigenvalue weighted by Gasteiger charge is -2.05. The van der Waals surface area contributed by atoms with Crippen LogP contribution in [0, 0.1) is 12.7 Å². The number of nitrogens with two attached hydrogens (primary N) is 1. The average Bonchev–Trinajstić information content (AvgIpc) is 2.90. The van der Waals surface area contributed by atoms with Crippen molar-refractivity contribution in [2.24, 2.45) is 0 Å². The van der Waals surface area contributed by atoms with Gasteiger partial charge in [0.1, 0.15) is 18.5 Å². The van der Waals surface area contributed by atoms with Gasteiger partial charge in [0.2, 0.25) is 5.95 Å². The van der Waals surface area contributed by atoms with Crippen molar-refractivity contribution in [1.29, 1.82) is 0 Å². The van der Waals surface area contributed by atoms with E-state index in [1.54, 1.807) is 13.0 Å². The van der Waals surface area contributed by atoms with Gasteiger partial charge >= 0.3 is 0 Å². The molecule has 0 aliphatic heterocycles. The fraction of sp³-hybridized carbons (Fsp3) is 0.0833. The second-order valence-electron chi connectivity index (χ2n) is 4.17. The molecule has 0 atom stereocenters. The van der Waals surface area contributed by atoms with E-state index in [-0.39, 0.29) is 23.5 Å². The molecule has 0 spiro atoms. The summed E-state index contributed by atoms with van der Waals surface area (Å²) < 4.78 is 14.8. The molecule has 0 fully saturated rings. The summed E-state index contributed by atoms with van der Waals surface area (Å²) in [5.41, 5.74) is 6.95. The van der Waals surface area contributed by atoms with Gasteiger partial charge in [-0.1, -0.05) is 0 Å². The van der Waals surface area contributed by atoms with E-state index in [1.165, 1.54) is 29.5 Å². The van der Waals surface area contributed by atoms with Crippen molar-refractivity contribution in [1.82, 2.24) is 29.7 Å². The van der Waals surface area contributed by atoms with Gasteiger partial charge in [-0.15, -0.1) is 0 Å². The number of nitrogens with zero attached hydrogens (tertiary/aromatic N) is 6. The SMILES string of the molecule is Cc1cc(F)cc(-c2nc(N)nc(-n3cncn3)n2)c1. The van der Waals surface area contributed by atoms with Gasteiger partial charge in [-0.3, -0.25) is 0 Å². The third kappa shape index (κ3) is 2.30. The van der Waals surface area contributed by atoms with Crippen LogP contribution in [0.4, 0.5) is 10.3 Å². The highest BCUT2D eigenvalue weighted by atomic mass is 19.1. The topological polar surface area (TPSA) is 95.4 Å². The Morgan fingerprint density at radius 2 is 2.00 bits per heavy atom. The number of aromatic nitrogens is 6. The summed E-state index contributed by atoms with van der Waals surface area (Å²) in [5, 5.41) is 3.92. The van der Waals surface area contributed by atoms with Crippen LogP contribution in [0.1, 0.15) is 5.56 Å². The highest BCUT2D eigenvalue weighted by Crippen LogP contribution is 2.19. The fourth-order valence-corrected chi connectivity index (χ4v) is 1.79. The minimum Gasteiger partial charge on any atom is -0.368 e. The van der Waals surface area contributed by atoms with Gasteiger partial charge < -0.3 is 5.73 Å². The highest BCUT2D eigenvalue weighted by Gasteiger charge is 2.10. The van der Waals surface area contributed by atoms with Crippen LogP contribution < -0.4 is 5.73 Å². The number of nitrogen functional groups attached to an aromatic ring is 1. The number of hydrogen-bond acceptors (Lipinski definition) is 6. The van der Waals surface area contributed by atoms with Crippen molar-refractivity contribution in [3.63, 3.8) is 0 Å². The van der Waals surface area contributed by atoms with Crippen molar-refractivity contribution in [2.45, 2.75) is 6.92 Å². The van der Waals surface area contributed by atoms with Crippen molar-refractivity contribution < 1.29 is 4.39 Å². The predicted molar refractivity (Wildman–Crippen MR) is 69.3 cm³/mol. The minimum atomic E-state index is -0.360. The Labute approximate surface area is 113 Å². The molecule has 0 aliphatic rings. The van der Waals surface area contributed by atoms with Gasteiger partial charge in [0, 0.05) is 5.56 Å². The minimum absolute atomic E-state index is 0.0300. The number of aryl methyl sites for hydroxylation is 1. The molecule has 2 heterocycles. The van der Waals surface area contributed by atoms with Crippen LogP contribution in [0.5, 0.6) is 0 Å². The van der Waals surface area contributed by atoms with Crippen LogP contribution >= 0.6 is 0 Å². The molecule has 0 saturated heterocycles. The largest absolute Gasteiger partial charge is 0.368 e. The quantitative estimate of drug-likeness (QED) is 0.751. The number of benzene rings is 1. The number of hydrogen-bond donors (Lipinski definition) is 1. The standard InChI is InChI=1S/C12H10FN7/c1-7-2-8(4-9(13)3-7)10-17-11(14)19-12(18-10)20-6-15-5-16-20/h2-6H,1H3,(H2,14,17,18,19). The van der Waals surface area contributed by atoms with Crippen LogP contribution in [-0.2, 0) is 0 Å². The molecule has 0 radical (unpaired) electrons. The normalized spacial score (nSPS) is 10.7. The van der Waals surface area contributed by atoms with E-state index in [0.717, 1.165) is 5.56 Å². The lowest BCUT2D eigenvalue weighted by atomic mass is 10.1. The maximum absolute atomic E-state index is 13.5. The van der Waals surface area contributed by atoms with E-state index in [9.17, 15) is 4.39 Å². The molecule has 0 amide bonds. The van der Waals surface area contributed by atoms with Crippen molar-refractivity contribution in [3.05, 3.63) is 42.2 Å². The van der Waals surface area contributed by atoms with E-state index in [1.807, 2.05) is 0 Å². The van der Waals surface area contributed by atoms with E-state index < -0.39 is 0 Å². The van der Waals surface area contributed by atoms with Crippen LogP contribution in [-0.4, -0.2) is 29.7 Å². The Hall–Kier alpha value is -2.90. The summed E-state index contributed by atoms with van der Waals surface area (Å²) in [4.78, 5) is 16.0. The molecule has 1 aromatic carbocycles. The van der Waals surface area contributed by atoms with E-state index >= 15 is 0 Å². The Bertz CT molecular complexity index is 734. The lowest BCUT2D eigenvalue weighted by Crippen LogP contribution is -2.08. The molecule has 3 aromatic rings. The lowest BCUT2D eigenvalue weighted by molar-refractivity contribution is 0.627. The smallest absolute Gasteiger partial charge is 0.257 e. The third-order valence-electron chi connectivity index (χ3n) is 2.56. The van der Waals surface area contributed by atoms with Gasteiger partial charge in [0.15, 0.2) is 5.82 Å². The zero-order valence-electron chi connectivity index (χ0n) is 10.5. The first-order chi connectivity index (χ1) is 9.61. The zero-order valence-corrected chi connectivity index (χ0v) is 10.5. The third-order valence-corrected chi connectivity index (χ3v) is 2.56. The molecule has 0 saturated carbocycles. The molecule has 8 heteroatoms. The summed E-state index contributed by atoms with van der Waals surface area (Å²) in [7, 11) is 0. The maximum Gasteiger partial charge on any atom is 0.257 e. The maximum atomic E-state index is 13.5. The van der Waals surface area contributed by atoms with Crippen LogP contribution in [0.15, 0.2) is 30.9 Å². The molecular weight excluding hydrogens is 261 g/mol. The zero-order chi connectivity index (χ0) is 14.1. The summed E-state index contributed by atoms with van der Waals surface area (Å²) in [6, 6.07) is 4.53. The molecule has 0 unspecified atom stereocenters. The highest BCUT2D eigenvalue weighted by molar-refractivity contribution is 5.57. The second kappa shape index (κ2) is 4.65. The van der Waals surface area contributed by atoms with Gasteiger partial charge in [-0.05, 0) is 30.7 Å². The average molecular weight is 271 g/mol. The van der Waals surface area contributed by atoms with Gasteiger partial charge in [0.25, 0.3) is 5.95 Å². The molecule has 0 bridgehead atoms. The Morgan fingerprint density at radius 3 is 2.70 bits per heavy atom. The molecule has 2 aromatic heterocycles. The number of halogens is 1. The Kier molecular flexibility index (Phi) is 2.82. The molecule has 7 nitrogen and oxygen atoms in total. The number of rotatable bonds is 2. The fourth-order valence-electron chi connectivity index (χ4n) is 1.79. The van der Waals surface area contributed by atoms with Gasteiger partial charge in [-0.2, -0.15) is 24.7 Å². The summed E-state index contributed by atoms with van der Waals surface area (Å²) in [6.45, 7) is 1.79. The molecule has 0 aliphatic carbocycles. The molecule has 20 heavy (non-hydrogen) atoms. The van der Waals surface area contributed by atoms with E-state index in [0.29, 0.717) is 5.56 Å². The monoisotopic (exact) mass is 271 g/mol.